The lowest BCUT2D eigenvalue weighted by atomic mass is 10.2. The molecule has 0 bridgehead atoms. The van der Waals surface area contributed by atoms with E-state index in [1.54, 1.807) is 17.4 Å². The molecule has 5 heteroatoms. The average Bonchev–Trinajstić information content (AvgIpc) is 2.70. The highest BCUT2D eigenvalue weighted by atomic mass is 32.1. The first-order chi connectivity index (χ1) is 8.88. The summed E-state index contributed by atoms with van der Waals surface area (Å²) in [6.45, 7) is 6.09. The Morgan fingerprint density at radius 1 is 1.42 bits per heavy atom. The predicted octanol–water partition coefficient (Wildman–Crippen LogP) is 2.64. The highest BCUT2D eigenvalue weighted by Gasteiger charge is 2.15. The molecule has 0 unspecified atom stereocenters. The van der Waals surface area contributed by atoms with E-state index in [9.17, 15) is 9.59 Å². The number of thiophene rings is 1. The van der Waals surface area contributed by atoms with Crippen molar-refractivity contribution in [3.63, 3.8) is 0 Å². The van der Waals surface area contributed by atoms with E-state index in [1.165, 1.54) is 15.9 Å². The number of rotatable bonds is 6. The van der Waals surface area contributed by atoms with Gasteiger partial charge in [0.1, 0.15) is 6.54 Å². The van der Waals surface area contributed by atoms with Gasteiger partial charge in [0.2, 0.25) is 5.91 Å². The van der Waals surface area contributed by atoms with E-state index < -0.39 is 5.97 Å². The molecule has 104 valence electrons. The molecule has 0 radical (unpaired) electrons. The van der Waals surface area contributed by atoms with Gasteiger partial charge in [-0.1, -0.05) is 13.8 Å². The number of carbonyl (C=O) groups is 2. The topological polar surface area (TPSA) is 57.6 Å². The Labute approximate surface area is 117 Å². The number of carboxylic acids is 1. The molecule has 0 aliphatic carbocycles. The molecule has 1 aromatic rings. The van der Waals surface area contributed by atoms with Crippen LogP contribution >= 0.6 is 11.3 Å². The second-order valence-electron chi connectivity index (χ2n) is 4.79. The zero-order chi connectivity index (χ0) is 14.4. The van der Waals surface area contributed by atoms with Crippen molar-refractivity contribution in [1.82, 2.24) is 4.90 Å². The number of aliphatic carboxylic acids is 1. The number of carboxylic acid groups (broad SMARTS) is 1. The molecule has 1 aromatic heterocycles. The Morgan fingerprint density at radius 3 is 2.58 bits per heavy atom. The summed E-state index contributed by atoms with van der Waals surface area (Å²) in [7, 11) is 0. The first kappa shape index (κ1) is 15.4. The molecule has 0 atom stereocenters. The largest absolute Gasteiger partial charge is 0.480 e. The van der Waals surface area contributed by atoms with Crippen LogP contribution in [0.1, 0.15) is 23.6 Å². The van der Waals surface area contributed by atoms with Gasteiger partial charge in [-0.15, -0.1) is 11.3 Å². The number of hydrogen-bond donors (Lipinski definition) is 1. The first-order valence-corrected chi connectivity index (χ1v) is 6.95. The Kier molecular flexibility index (Phi) is 5.76. The number of amides is 1. The van der Waals surface area contributed by atoms with Crippen LogP contribution in [0.2, 0.25) is 0 Å². The zero-order valence-electron chi connectivity index (χ0n) is 11.4. The van der Waals surface area contributed by atoms with Crippen molar-refractivity contribution in [2.24, 2.45) is 5.92 Å². The fourth-order valence-electron chi connectivity index (χ4n) is 1.64. The maximum absolute atomic E-state index is 12.0. The van der Waals surface area contributed by atoms with Gasteiger partial charge >= 0.3 is 5.97 Å². The highest BCUT2D eigenvalue weighted by molar-refractivity contribution is 7.12. The van der Waals surface area contributed by atoms with Crippen LogP contribution in [0.4, 0.5) is 0 Å². The predicted molar refractivity (Wildman–Crippen MR) is 77.1 cm³/mol. The van der Waals surface area contributed by atoms with Crippen LogP contribution in [-0.4, -0.2) is 35.0 Å². The summed E-state index contributed by atoms with van der Waals surface area (Å²) in [4.78, 5) is 26.3. The lowest BCUT2D eigenvalue weighted by Gasteiger charge is -2.21. The summed E-state index contributed by atoms with van der Waals surface area (Å²) in [5, 5.41) is 8.82. The molecule has 1 N–H and O–H groups in total. The van der Waals surface area contributed by atoms with E-state index in [1.807, 2.05) is 32.9 Å². The van der Waals surface area contributed by atoms with E-state index in [-0.39, 0.29) is 18.4 Å². The Morgan fingerprint density at radius 2 is 2.11 bits per heavy atom. The molecule has 0 fully saturated rings. The van der Waals surface area contributed by atoms with Crippen molar-refractivity contribution < 1.29 is 14.7 Å². The van der Waals surface area contributed by atoms with Crippen LogP contribution in [0.5, 0.6) is 0 Å². The van der Waals surface area contributed by atoms with Crippen LogP contribution in [0.15, 0.2) is 18.2 Å². The Balaban J connectivity index is 2.70. The molecule has 0 aromatic carbocycles. The van der Waals surface area contributed by atoms with Gasteiger partial charge in [-0.25, -0.2) is 0 Å². The third-order valence-electron chi connectivity index (χ3n) is 2.37. The van der Waals surface area contributed by atoms with Crippen molar-refractivity contribution >= 4 is 29.3 Å². The van der Waals surface area contributed by atoms with Crippen molar-refractivity contribution in [3.8, 4) is 0 Å². The van der Waals surface area contributed by atoms with Crippen molar-refractivity contribution in [1.29, 1.82) is 0 Å². The van der Waals surface area contributed by atoms with Gasteiger partial charge in [0.05, 0.1) is 0 Å². The van der Waals surface area contributed by atoms with E-state index in [2.05, 4.69) is 0 Å². The summed E-state index contributed by atoms with van der Waals surface area (Å²) < 4.78 is 0. The number of nitrogens with zero attached hydrogens (tertiary/aromatic N) is 1. The fraction of sp³-hybridized carbons (Fsp3) is 0.429. The standard InChI is InChI=1S/C14H19NO3S/c1-10(2)8-15(9-14(17)18)13(16)7-6-12-5-4-11(3)19-12/h4-7,10H,8-9H2,1-3H3,(H,17,18). The zero-order valence-corrected chi connectivity index (χ0v) is 12.2. The molecule has 0 spiro atoms. The molecule has 19 heavy (non-hydrogen) atoms. The maximum Gasteiger partial charge on any atom is 0.323 e. The summed E-state index contributed by atoms with van der Waals surface area (Å²) >= 11 is 1.60. The SMILES string of the molecule is Cc1ccc(C=CC(=O)N(CC(=O)O)CC(C)C)s1. The molecule has 0 saturated carbocycles. The molecule has 1 amide bonds. The van der Waals surface area contributed by atoms with Crippen LogP contribution < -0.4 is 0 Å². The summed E-state index contributed by atoms with van der Waals surface area (Å²) in [5.74, 6) is -1.02. The minimum absolute atomic E-state index is 0.237. The average molecular weight is 281 g/mol. The van der Waals surface area contributed by atoms with Crippen LogP contribution in [0.3, 0.4) is 0 Å². The first-order valence-electron chi connectivity index (χ1n) is 6.13. The molecule has 0 aliphatic heterocycles. The molecule has 0 saturated heterocycles. The van der Waals surface area contributed by atoms with Gasteiger partial charge in [-0.2, -0.15) is 0 Å². The van der Waals surface area contributed by atoms with Crippen LogP contribution in [0.25, 0.3) is 6.08 Å². The smallest absolute Gasteiger partial charge is 0.323 e. The maximum atomic E-state index is 12.0. The molecular weight excluding hydrogens is 262 g/mol. The molecule has 1 heterocycles. The van der Waals surface area contributed by atoms with Gasteiger partial charge < -0.3 is 10.0 Å². The monoisotopic (exact) mass is 281 g/mol. The van der Waals surface area contributed by atoms with Gasteiger partial charge in [0, 0.05) is 22.4 Å². The lowest BCUT2D eigenvalue weighted by molar-refractivity contribution is -0.143. The Bertz CT molecular complexity index is 477. The van der Waals surface area contributed by atoms with Crippen molar-refractivity contribution in [2.75, 3.05) is 13.1 Å². The molecule has 0 aliphatic rings. The van der Waals surface area contributed by atoms with Gasteiger partial charge in [-0.05, 0) is 31.1 Å². The number of carbonyl (C=O) groups excluding carboxylic acids is 1. The summed E-state index contributed by atoms with van der Waals surface area (Å²) in [6.07, 6.45) is 3.17. The molecule has 1 rings (SSSR count). The third-order valence-corrected chi connectivity index (χ3v) is 3.34. The molecular formula is C14H19NO3S. The normalized spacial score (nSPS) is 11.2. The second kappa shape index (κ2) is 7.09. The number of hydrogen-bond acceptors (Lipinski definition) is 3. The van der Waals surface area contributed by atoms with Gasteiger partial charge in [0.15, 0.2) is 0 Å². The molecule has 4 nitrogen and oxygen atoms in total. The second-order valence-corrected chi connectivity index (χ2v) is 6.11. The number of aryl methyl sites for hydroxylation is 1. The minimum atomic E-state index is -0.991. The van der Waals surface area contributed by atoms with Crippen LogP contribution in [0, 0.1) is 12.8 Å². The van der Waals surface area contributed by atoms with Crippen molar-refractivity contribution in [2.45, 2.75) is 20.8 Å². The van der Waals surface area contributed by atoms with Crippen LogP contribution in [-0.2, 0) is 9.59 Å². The third kappa shape index (κ3) is 5.70. The van der Waals surface area contributed by atoms with Gasteiger partial charge in [0.25, 0.3) is 0 Å². The fourth-order valence-corrected chi connectivity index (χ4v) is 2.42. The van der Waals surface area contributed by atoms with E-state index in [4.69, 9.17) is 5.11 Å². The van der Waals surface area contributed by atoms with E-state index in [0.717, 1.165) is 4.88 Å². The quantitative estimate of drug-likeness (QED) is 0.815. The van der Waals surface area contributed by atoms with E-state index in [0.29, 0.717) is 6.54 Å². The van der Waals surface area contributed by atoms with Gasteiger partial charge in [-0.3, -0.25) is 9.59 Å². The lowest BCUT2D eigenvalue weighted by Crippen LogP contribution is -2.37. The van der Waals surface area contributed by atoms with Crippen molar-refractivity contribution in [3.05, 3.63) is 28.0 Å². The Hall–Kier alpha value is -1.62. The summed E-state index contributed by atoms with van der Waals surface area (Å²) in [6, 6.07) is 3.92. The highest BCUT2D eigenvalue weighted by Crippen LogP contribution is 2.16. The minimum Gasteiger partial charge on any atom is -0.480 e. The van der Waals surface area contributed by atoms with E-state index >= 15 is 0 Å². The summed E-state index contributed by atoms with van der Waals surface area (Å²) in [5.41, 5.74) is 0.